The topological polar surface area (TPSA) is 126 Å². The zero-order valence-corrected chi connectivity index (χ0v) is 14.5. The second kappa shape index (κ2) is 11.7. The first kappa shape index (κ1) is 21.3. The number of unbranched alkanes of at least 4 members (excludes halogenated alkanes) is 4. The molecule has 1 unspecified atom stereocenters. The van der Waals surface area contributed by atoms with E-state index >= 15 is 0 Å². The molecular weight excluding hydrogens is 332 g/mol. The van der Waals surface area contributed by atoms with Crippen LogP contribution in [0.4, 0.5) is 0 Å². The van der Waals surface area contributed by atoms with Gasteiger partial charge in [-0.3, -0.25) is 0 Å². The van der Waals surface area contributed by atoms with Gasteiger partial charge in [-0.2, -0.15) is 0 Å². The smallest absolute Gasteiger partial charge is 0.378 e. The van der Waals surface area contributed by atoms with Crippen molar-refractivity contribution >= 4 is 5.97 Å². The number of hydrogen-bond donors (Lipinski definition) is 4. The Morgan fingerprint density at radius 3 is 2.68 bits per heavy atom. The van der Waals surface area contributed by atoms with Gasteiger partial charge in [-0.05, 0) is 18.9 Å². The molecule has 0 saturated heterocycles. The van der Waals surface area contributed by atoms with Gasteiger partial charge in [-0.15, -0.1) is 0 Å². The molecule has 0 bridgehead atoms. The van der Waals surface area contributed by atoms with Gasteiger partial charge < -0.3 is 34.6 Å². The highest BCUT2D eigenvalue weighted by Gasteiger charge is 2.40. The molecule has 4 N–H and O–H groups in total. The first-order chi connectivity index (χ1) is 12.0. The van der Waals surface area contributed by atoms with Crippen molar-refractivity contribution in [1.82, 2.24) is 0 Å². The first-order valence-electron chi connectivity index (χ1n) is 8.51. The summed E-state index contributed by atoms with van der Waals surface area (Å²) < 4.78 is 15.1. The molecule has 8 heteroatoms. The molecule has 1 heterocycles. The maximum absolute atomic E-state index is 11.3. The van der Waals surface area contributed by atoms with Crippen molar-refractivity contribution in [2.45, 2.75) is 57.3 Å². The highest BCUT2D eigenvalue weighted by atomic mass is 16.6. The third-order valence-corrected chi connectivity index (χ3v) is 3.59. The second-order valence-corrected chi connectivity index (χ2v) is 5.81. The fourth-order valence-electron chi connectivity index (χ4n) is 2.19. The SMILES string of the molecule is CCCCCCC=COCC(O)COC1=C(O)C(=O)O[C@@H]1[C@@H](O)CO. The summed E-state index contributed by atoms with van der Waals surface area (Å²) in [6.45, 7) is 1.18. The van der Waals surface area contributed by atoms with E-state index in [1.165, 1.54) is 25.5 Å². The van der Waals surface area contributed by atoms with Crippen LogP contribution in [0.15, 0.2) is 23.9 Å². The number of ether oxygens (including phenoxy) is 3. The minimum Gasteiger partial charge on any atom is -0.499 e. The minimum absolute atomic E-state index is 0.0263. The van der Waals surface area contributed by atoms with Crippen LogP contribution in [0.2, 0.25) is 0 Å². The number of carbonyl (C=O) groups excluding carboxylic acids is 1. The van der Waals surface area contributed by atoms with E-state index < -0.39 is 36.6 Å². The second-order valence-electron chi connectivity index (χ2n) is 5.81. The molecule has 0 amide bonds. The number of aliphatic hydroxyl groups excluding tert-OH is 4. The first-order valence-corrected chi connectivity index (χ1v) is 8.51. The minimum atomic E-state index is -1.42. The maximum atomic E-state index is 11.3. The summed E-state index contributed by atoms with van der Waals surface area (Å²) in [4.78, 5) is 11.3. The molecular formula is C17H28O8. The number of allylic oxidation sites excluding steroid dienone is 1. The largest absolute Gasteiger partial charge is 0.499 e. The monoisotopic (exact) mass is 360 g/mol. The van der Waals surface area contributed by atoms with Crippen molar-refractivity contribution in [3.63, 3.8) is 0 Å². The van der Waals surface area contributed by atoms with Gasteiger partial charge in [0.15, 0.2) is 11.9 Å². The fourth-order valence-corrected chi connectivity index (χ4v) is 2.19. The van der Waals surface area contributed by atoms with Crippen LogP contribution in [0.25, 0.3) is 0 Å². The van der Waals surface area contributed by atoms with E-state index in [9.17, 15) is 20.1 Å². The molecule has 0 aromatic carbocycles. The van der Waals surface area contributed by atoms with Crippen molar-refractivity contribution in [3.8, 4) is 0 Å². The van der Waals surface area contributed by atoms with Crippen LogP contribution in [0.3, 0.4) is 0 Å². The van der Waals surface area contributed by atoms with Crippen molar-refractivity contribution < 1.29 is 39.4 Å². The molecule has 0 spiro atoms. The number of rotatable bonds is 13. The third kappa shape index (κ3) is 7.33. The summed E-state index contributed by atoms with van der Waals surface area (Å²) in [6, 6.07) is 0. The Hall–Kier alpha value is -1.77. The van der Waals surface area contributed by atoms with Crippen LogP contribution in [-0.4, -0.2) is 64.5 Å². The Balaban J connectivity index is 2.29. The lowest BCUT2D eigenvalue weighted by Gasteiger charge is -2.19. The van der Waals surface area contributed by atoms with Crippen LogP contribution in [0.1, 0.15) is 39.0 Å². The van der Waals surface area contributed by atoms with Crippen LogP contribution in [0.5, 0.6) is 0 Å². The lowest BCUT2D eigenvalue weighted by atomic mass is 10.1. The quantitative estimate of drug-likeness (QED) is 0.217. The van der Waals surface area contributed by atoms with Gasteiger partial charge in [-0.25, -0.2) is 4.79 Å². The molecule has 0 aromatic rings. The molecule has 1 aliphatic rings. The lowest BCUT2D eigenvalue weighted by Crippen LogP contribution is -2.33. The van der Waals surface area contributed by atoms with Gasteiger partial charge >= 0.3 is 5.97 Å². The standard InChI is InChI=1S/C17H28O8/c1-2-3-4-5-6-7-8-23-10-12(19)11-24-16-14(21)17(22)25-15(16)13(20)9-18/h7-8,12-13,15,18-21H,2-6,9-11H2,1H3/t12?,13-,15+/m0/s1. The predicted molar refractivity (Wildman–Crippen MR) is 88.4 cm³/mol. The molecule has 1 rings (SSSR count). The molecule has 0 saturated carbocycles. The van der Waals surface area contributed by atoms with Gasteiger partial charge in [0.2, 0.25) is 5.76 Å². The molecule has 8 nitrogen and oxygen atoms in total. The third-order valence-electron chi connectivity index (χ3n) is 3.59. The normalized spacial score (nSPS) is 20.0. The molecule has 25 heavy (non-hydrogen) atoms. The summed E-state index contributed by atoms with van der Waals surface area (Å²) >= 11 is 0. The molecule has 3 atom stereocenters. The molecule has 0 radical (unpaired) electrons. The summed E-state index contributed by atoms with van der Waals surface area (Å²) in [6.07, 6.45) is 5.26. The molecule has 1 aliphatic heterocycles. The Kier molecular flexibility index (Phi) is 9.98. The van der Waals surface area contributed by atoms with E-state index in [1.54, 1.807) is 0 Å². The lowest BCUT2D eigenvalue weighted by molar-refractivity contribution is -0.148. The van der Waals surface area contributed by atoms with Crippen LogP contribution < -0.4 is 0 Å². The van der Waals surface area contributed by atoms with Gasteiger partial charge in [0.25, 0.3) is 0 Å². The summed E-state index contributed by atoms with van der Waals surface area (Å²) in [5.74, 6) is -2.14. The van der Waals surface area contributed by atoms with Crippen molar-refractivity contribution in [3.05, 3.63) is 23.9 Å². The molecule has 144 valence electrons. The zero-order chi connectivity index (χ0) is 18.7. The van der Waals surface area contributed by atoms with Gasteiger partial charge in [0.1, 0.15) is 25.4 Å². The number of cyclic esters (lactones) is 1. The number of carbonyl (C=O) groups is 1. The van der Waals surface area contributed by atoms with E-state index in [-0.39, 0.29) is 19.0 Å². The number of esters is 1. The Morgan fingerprint density at radius 1 is 1.24 bits per heavy atom. The van der Waals surface area contributed by atoms with E-state index in [1.807, 2.05) is 6.08 Å². The Labute approximate surface area is 147 Å². The van der Waals surface area contributed by atoms with E-state index in [2.05, 4.69) is 6.92 Å². The summed E-state index contributed by atoms with van der Waals surface area (Å²) in [7, 11) is 0. The van der Waals surface area contributed by atoms with Crippen molar-refractivity contribution in [1.29, 1.82) is 0 Å². The zero-order valence-electron chi connectivity index (χ0n) is 14.5. The number of aliphatic hydroxyl groups is 4. The van der Waals surface area contributed by atoms with Gasteiger partial charge in [0, 0.05) is 0 Å². The Morgan fingerprint density at radius 2 is 2.00 bits per heavy atom. The summed E-state index contributed by atoms with van der Waals surface area (Å²) in [5.41, 5.74) is 0. The fraction of sp³-hybridized carbons (Fsp3) is 0.706. The molecule has 0 fully saturated rings. The van der Waals surface area contributed by atoms with E-state index in [0.717, 1.165) is 12.8 Å². The molecule has 0 aliphatic carbocycles. The van der Waals surface area contributed by atoms with Gasteiger partial charge in [-0.1, -0.05) is 26.2 Å². The highest BCUT2D eigenvalue weighted by Crippen LogP contribution is 2.24. The van der Waals surface area contributed by atoms with E-state index in [0.29, 0.717) is 0 Å². The van der Waals surface area contributed by atoms with Gasteiger partial charge in [0.05, 0.1) is 12.9 Å². The van der Waals surface area contributed by atoms with Crippen LogP contribution >= 0.6 is 0 Å². The van der Waals surface area contributed by atoms with E-state index in [4.69, 9.17) is 19.3 Å². The maximum Gasteiger partial charge on any atom is 0.378 e. The van der Waals surface area contributed by atoms with Crippen molar-refractivity contribution in [2.24, 2.45) is 0 Å². The van der Waals surface area contributed by atoms with Crippen molar-refractivity contribution in [2.75, 3.05) is 19.8 Å². The van der Waals surface area contributed by atoms with Crippen LogP contribution in [0, 0.1) is 0 Å². The Bertz CT molecular complexity index is 460. The van der Waals surface area contributed by atoms with Crippen LogP contribution in [-0.2, 0) is 19.0 Å². The average molecular weight is 360 g/mol. The molecule has 0 aromatic heterocycles. The predicted octanol–water partition coefficient (Wildman–Crippen LogP) is 0.913. The number of hydrogen-bond acceptors (Lipinski definition) is 8. The highest BCUT2D eigenvalue weighted by molar-refractivity contribution is 5.89. The summed E-state index contributed by atoms with van der Waals surface area (Å²) in [5, 5.41) is 37.9. The average Bonchev–Trinajstić information content (AvgIpc) is 2.89.